The minimum Gasteiger partial charge on any atom is -0.495 e. The fourth-order valence-electron chi connectivity index (χ4n) is 5.04. The molecule has 2 aromatic heterocycles. The Morgan fingerprint density at radius 1 is 1.12 bits per heavy atom. The molecule has 12 heteroatoms. The largest absolute Gasteiger partial charge is 0.495 e. The van der Waals surface area contributed by atoms with Gasteiger partial charge in [0.1, 0.15) is 17.0 Å². The van der Waals surface area contributed by atoms with Gasteiger partial charge in [0.2, 0.25) is 11.9 Å². The van der Waals surface area contributed by atoms with E-state index >= 15 is 0 Å². The van der Waals surface area contributed by atoms with E-state index in [1.807, 2.05) is 6.07 Å². The lowest BCUT2D eigenvalue weighted by atomic mass is 9.97. The molecule has 5 rings (SSSR count). The molecule has 0 unspecified atom stereocenters. The first-order valence-electron chi connectivity index (χ1n) is 13.4. The molecule has 0 bridgehead atoms. The van der Waals surface area contributed by atoms with Gasteiger partial charge in [0.25, 0.3) is 0 Å². The Morgan fingerprint density at radius 3 is 2.44 bits per heavy atom. The molecule has 1 aromatic carbocycles. The van der Waals surface area contributed by atoms with Crippen LogP contribution in [-0.4, -0.2) is 71.4 Å². The zero-order valence-electron chi connectivity index (χ0n) is 23.2. The third-order valence-corrected chi connectivity index (χ3v) is 8.29. The highest BCUT2D eigenvalue weighted by molar-refractivity contribution is 6.41. The Bertz CT molecular complexity index is 1480. The average Bonchev–Trinajstić information content (AvgIpc) is 3.71. The number of amides is 1. The van der Waals surface area contributed by atoms with Crippen LogP contribution in [0.1, 0.15) is 26.2 Å². The number of nitrogens with one attached hydrogen (secondary N) is 2. The SMILES string of the molecule is C=CC(=O)C[C@H]1CN(C(C)=O)C[C@H]1Nc1ncc2cc(-c3c(Cl)c(OC)cc(OC)c3Cl)nc(NCC3CC3)c2n1. The Balaban J connectivity index is 1.54. The molecule has 41 heavy (non-hydrogen) atoms. The molecule has 0 spiro atoms. The van der Waals surface area contributed by atoms with Crippen molar-refractivity contribution in [2.75, 3.05) is 44.5 Å². The van der Waals surface area contributed by atoms with Crippen molar-refractivity contribution in [1.29, 1.82) is 0 Å². The second-order valence-electron chi connectivity index (χ2n) is 10.4. The van der Waals surface area contributed by atoms with Crippen LogP contribution in [0.25, 0.3) is 22.2 Å². The fourth-order valence-corrected chi connectivity index (χ4v) is 5.73. The zero-order valence-corrected chi connectivity index (χ0v) is 24.7. The molecule has 2 fully saturated rings. The van der Waals surface area contributed by atoms with Crippen LogP contribution in [-0.2, 0) is 9.59 Å². The summed E-state index contributed by atoms with van der Waals surface area (Å²) < 4.78 is 10.9. The number of ketones is 1. The van der Waals surface area contributed by atoms with Gasteiger partial charge in [-0.3, -0.25) is 9.59 Å². The topological polar surface area (TPSA) is 119 Å². The first-order valence-corrected chi connectivity index (χ1v) is 14.2. The van der Waals surface area contributed by atoms with Crippen LogP contribution in [0, 0.1) is 11.8 Å². The van der Waals surface area contributed by atoms with Gasteiger partial charge in [-0.2, -0.15) is 0 Å². The molecule has 1 saturated heterocycles. The van der Waals surface area contributed by atoms with Crippen LogP contribution < -0.4 is 20.1 Å². The van der Waals surface area contributed by atoms with Crippen molar-refractivity contribution in [2.45, 2.75) is 32.2 Å². The predicted molar refractivity (Wildman–Crippen MR) is 160 cm³/mol. The second kappa shape index (κ2) is 12.1. The Morgan fingerprint density at radius 2 is 1.83 bits per heavy atom. The molecule has 1 amide bonds. The number of hydrogen-bond donors (Lipinski definition) is 2. The Labute approximate surface area is 248 Å². The van der Waals surface area contributed by atoms with E-state index in [1.54, 1.807) is 17.2 Å². The number of hydrogen-bond acceptors (Lipinski definition) is 9. The standard InChI is InChI=1S/C29H32Cl2N6O4/c1-5-19(39)8-18-13-37(15(2)38)14-21(18)35-29-33-12-17-9-20(34-28(27(17)36-29)32-11-16-6-7-16)24-25(30)22(40-3)10-23(41-4)26(24)31/h5,9-10,12,16,18,21H,1,6-8,11,13-14H2,2-4H3,(H,32,34)(H,33,35,36)/t18-,21+/m0/s1. The summed E-state index contributed by atoms with van der Waals surface area (Å²) in [6, 6.07) is 3.26. The van der Waals surface area contributed by atoms with Crippen molar-refractivity contribution in [2.24, 2.45) is 11.8 Å². The fraction of sp³-hybridized carbons (Fsp3) is 0.414. The van der Waals surface area contributed by atoms with Gasteiger partial charge in [-0.1, -0.05) is 29.8 Å². The number of likely N-dealkylation sites (tertiary alicyclic amines) is 1. The number of methoxy groups -OCH3 is 2. The van der Waals surface area contributed by atoms with E-state index < -0.39 is 0 Å². The molecule has 1 saturated carbocycles. The van der Waals surface area contributed by atoms with E-state index in [4.69, 9.17) is 42.6 Å². The molecule has 3 heterocycles. The number of halogens is 2. The molecular weight excluding hydrogens is 567 g/mol. The Kier molecular flexibility index (Phi) is 8.51. The van der Waals surface area contributed by atoms with Gasteiger partial charge in [0.05, 0.1) is 36.0 Å². The van der Waals surface area contributed by atoms with Crippen molar-refractivity contribution in [1.82, 2.24) is 19.9 Å². The first kappa shape index (κ1) is 28.9. The third kappa shape index (κ3) is 6.18. The highest BCUT2D eigenvalue weighted by atomic mass is 35.5. The quantitative estimate of drug-likeness (QED) is 0.285. The zero-order chi connectivity index (χ0) is 29.3. The minimum absolute atomic E-state index is 0.0421. The third-order valence-electron chi connectivity index (χ3n) is 7.54. The number of rotatable bonds is 11. The van der Waals surface area contributed by atoms with Gasteiger partial charge < -0.3 is 25.0 Å². The number of ether oxygens (including phenoxy) is 2. The van der Waals surface area contributed by atoms with Crippen molar-refractivity contribution in [3.63, 3.8) is 0 Å². The summed E-state index contributed by atoms with van der Waals surface area (Å²) in [5.74, 6) is 2.15. The van der Waals surface area contributed by atoms with Gasteiger partial charge in [-0.05, 0) is 30.9 Å². The molecule has 2 atom stereocenters. The van der Waals surface area contributed by atoms with Crippen molar-refractivity contribution >= 4 is 57.6 Å². The minimum atomic E-state index is -0.197. The number of nitrogens with zero attached hydrogens (tertiary/aromatic N) is 4. The number of carbonyl (C=O) groups is 2. The highest BCUT2D eigenvalue weighted by Gasteiger charge is 2.35. The van der Waals surface area contributed by atoms with Gasteiger partial charge in [0.15, 0.2) is 11.6 Å². The number of anilines is 2. The maximum absolute atomic E-state index is 12.1. The monoisotopic (exact) mass is 598 g/mol. The number of allylic oxidation sites excluding steroid dienone is 1. The molecule has 3 aromatic rings. The van der Waals surface area contributed by atoms with E-state index in [9.17, 15) is 9.59 Å². The summed E-state index contributed by atoms with van der Waals surface area (Å²) in [6.07, 6.45) is 5.63. The van der Waals surface area contributed by atoms with Gasteiger partial charge in [-0.15, -0.1) is 0 Å². The lowest BCUT2D eigenvalue weighted by molar-refractivity contribution is -0.128. The van der Waals surface area contributed by atoms with Gasteiger partial charge in [-0.25, -0.2) is 15.0 Å². The molecule has 216 valence electrons. The summed E-state index contributed by atoms with van der Waals surface area (Å²) in [5.41, 5.74) is 1.62. The van der Waals surface area contributed by atoms with Crippen LogP contribution in [0.3, 0.4) is 0 Å². The molecule has 2 N–H and O–H groups in total. The maximum Gasteiger partial charge on any atom is 0.223 e. The van der Waals surface area contributed by atoms with E-state index in [-0.39, 0.29) is 30.1 Å². The molecule has 1 aliphatic heterocycles. The second-order valence-corrected chi connectivity index (χ2v) is 11.2. The molecule has 2 aliphatic rings. The van der Waals surface area contributed by atoms with E-state index in [2.05, 4.69) is 22.2 Å². The van der Waals surface area contributed by atoms with Crippen molar-refractivity contribution in [3.8, 4) is 22.8 Å². The summed E-state index contributed by atoms with van der Waals surface area (Å²) in [6.45, 7) is 6.79. The van der Waals surface area contributed by atoms with Gasteiger partial charge in [0, 0.05) is 62.1 Å². The molecule has 10 nitrogen and oxygen atoms in total. The van der Waals surface area contributed by atoms with Gasteiger partial charge >= 0.3 is 0 Å². The lowest BCUT2D eigenvalue weighted by Gasteiger charge is -2.19. The van der Waals surface area contributed by atoms with Crippen LogP contribution in [0.15, 0.2) is 31.0 Å². The van der Waals surface area contributed by atoms with E-state index in [1.165, 1.54) is 27.2 Å². The van der Waals surface area contributed by atoms with Crippen molar-refractivity contribution in [3.05, 3.63) is 41.0 Å². The summed E-state index contributed by atoms with van der Waals surface area (Å²) in [4.78, 5) is 40.2. The highest BCUT2D eigenvalue weighted by Crippen LogP contribution is 2.46. The average molecular weight is 600 g/mol. The lowest BCUT2D eigenvalue weighted by Crippen LogP contribution is -2.31. The number of carbonyl (C=O) groups excluding carboxylic acids is 2. The van der Waals surface area contributed by atoms with Crippen LogP contribution in [0.4, 0.5) is 11.8 Å². The first-order chi connectivity index (χ1) is 19.7. The molecular formula is C29H32Cl2N6O4. The predicted octanol–water partition coefficient (Wildman–Crippen LogP) is 5.24. The number of aromatic nitrogens is 3. The molecule has 0 radical (unpaired) electrons. The van der Waals surface area contributed by atoms with Crippen LogP contribution in [0.2, 0.25) is 10.0 Å². The van der Waals surface area contributed by atoms with E-state index in [0.29, 0.717) is 69.1 Å². The summed E-state index contributed by atoms with van der Waals surface area (Å²) in [5, 5.41) is 8.17. The van der Waals surface area contributed by atoms with Crippen LogP contribution >= 0.6 is 23.2 Å². The maximum atomic E-state index is 12.1. The number of fused-ring (bicyclic) bond motifs is 1. The van der Waals surface area contributed by atoms with Crippen LogP contribution in [0.5, 0.6) is 11.5 Å². The normalized spacial score (nSPS) is 18.3. The number of pyridine rings is 1. The molecule has 1 aliphatic carbocycles. The van der Waals surface area contributed by atoms with Crippen molar-refractivity contribution < 1.29 is 19.1 Å². The summed E-state index contributed by atoms with van der Waals surface area (Å²) >= 11 is 13.4. The smallest absolute Gasteiger partial charge is 0.223 e. The summed E-state index contributed by atoms with van der Waals surface area (Å²) in [7, 11) is 3.05. The van der Waals surface area contributed by atoms with E-state index in [0.717, 1.165) is 24.8 Å². The Hall–Kier alpha value is -3.63. The number of benzene rings is 1.